The van der Waals surface area contributed by atoms with Gasteiger partial charge in [0.1, 0.15) is 0 Å². The Morgan fingerprint density at radius 2 is 1.50 bits per heavy atom. The van der Waals surface area contributed by atoms with Crippen LogP contribution in [0.25, 0.3) is 0 Å². The van der Waals surface area contributed by atoms with Crippen molar-refractivity contribution in [1.29, 1.82) is 0 Å². The second kappa shape index (κ2) is 2.45. The molecule has 0 amide bonds. The topological polar surface area (TPSA) is 26.0 Å². The Morgan fingerprint density at radius 3 is 1.50 bits per heavy atom. The standard InChI is InChI=1S/H2N.Sb.2H3Si/h1H2;;2*1H3/q-1;+1;;. The molecule has 0 saturated heterocycles. The van der Waals surface area contributed by atoms with Gasteiger partial charge in [-0.2, -0.15) is 0 Å². The van der Waals surface area contributed by atoms with Crippen LogP contribution in [0.4, 0.5) is 0 Å². The Labute approximate surface area is 38.2 Å². The Morgan fingerprint density at radius 1 is 1.50 bits per heavy atom. The van der Waals surface area contributed by atoms with Crippen LogP contribution in [0.2, 0.25) is 0 Å². The van der Waals surface area contributed by atoms with Gasteiger partial charge in [0.2, 0.25) is 0 Å². The predicted octanol–water partition coefficient (Wildman–Crippen LogP) is -3.34. The second-order valence-electron chi connectivity index (χ2n) is 0.964. The Hall–Kier alpha value is 1.21. The molecule has 0 aromatic heterocycles. The van der Waals surface area contributed by atoms with Crippen LogP contribution >= 0.6 is 0 Å². The molecule has 0 radical (unpaired) electrons. The predicted molar refractivity (Wildman–Crippen MR) is 29.8 cm³/mol. The van der Waals surface area contributed by atoms with E-state index in [9.17, 15) is 0 Å². The molecule has 26 valence electrons. The van der Waals surface area contributed by atoms with Gasteiger partial charge in [-0.05, 0) is 0 Å². The summed E-state index contributed by atoms with van der Waals surface area (Å²) in [5.74, 6) is 0. The van der Waals surface area contributed by atoms with Crippen LogP contribution in [0, 0.1) is 0 Å². The fourth-order valence-corrected chi connectivity index (χ4v) is 0. The zero-order chi connectivity index (χ0) is 3.58. The molecular formula is H8NSbSi2. The van der Waals surface area contributed by atoms with E-state index in [0.29, 0.717) is 0 Å². The molecular weight excluding hydrogens is 192 g/mol. The molecule has 0 rings (SSSR count). The van der Waals surface area contributed by atoms with Gasteiger partial charge in [-0.15, -0.1) is 0 Å². The summed E-state index contributed by atoms with van der Waals surface area (Å²) in [7, 11) is 2.74. The molecule has 0 heterocycles. The monoisotopic (exact) mass is 199 g/mol. The summed E-state index contributed by atoms with van der Waals surface area (Å²) in [6, 6.07) is 0. The van der Waals surface area contributed by atoms with Gasteiger partial charge < -0.3 is 0 Å². The third-order valence-electron chi connectivity index (χ3n) is 0. The van der Waals surface area contributed by atoms with Crippen molar-refractivity contribution in [1.82, 2.24) is 0 Å². The first kappa shape index (κ1) is 5.21. The van der Waals surface area contributed by atoms with E-state index < -0.39 is 18.9 Å². The van der Waals surface area contributed by atoms with E-state index in [2.05, 4.69) is 0 Å². The van der Waals surface area contributed by atoms with Crippen LogP contribution in [-0.4, -0.2) is 34.2 Å². The van der Waals surface area contributed by atoms with Crippen LogP contribution in [0.3, 0.4) is 0 Å². The van der Waals surface area contributed by atoms with E-state index in [-0.39, 0.29) is 0 Å². The molecule has 0 saturated carbocycles. The van der Waals surface area contributed by atoms with Gasteiger partial charge in [0, 0.05) is 0 Å². The van der Waals surface area contributed by atoms with Crippen molar-refractivity contribution in [3.63, 3.8) is 0 Å². The van der Waals surface area contributed by atoms with Crippen molar-refractivity contribution in [3.05, 3.63) is 0 Å². The summed E-state index contributed by atoms with van der Waals surface area (Å²) in [4.78, 5) is 0. The summed E-state index contributed by atoms with van der Waals surface area (Å²) in [5, 5.41) is 0. The third-order valence-corrected chi connectivity index (χ3v) is 0. The third kappa shape index (κ3) is 10.7. The molecule has 0 bridgehead atoms. The molecule has 0 unspecified atom stereocenters. The fraction of sp³-hybridized carbons (Fsp3) is 0. The first-order chi connectivity index (χ1) is 1.73. The summed E-state index contributed by atoms with van der Waals surface area (Å²) < 4.78 is 5.42. The van der Waals surface area contributed by atoms with E-state index in [4.69, 9.17) is 3.89 Å². The summed E-state index contributed by atoms with van der Waals surface area (Å²) in [5.41, 5.74) is 0. The van der Waals surface area contributed by atoms with Crippen molar-refractivity contribution >= 4 is 34.2 Å². The van der Waals surface area contributed by atoms with E-state index in [1.807, 2.05) is 0 Å². The SMILES string of the molecule is [NH2][Sb]([SiH3])[SiH3]. The van der Waals surface area contributed by atoms with Crippen LogP contribution in [0.1, 0.15) is 0 Å². The van der Waals surface area contributed by atoms with Crippen LogP contribution < -0.4 is 3.89 Å². The second-order valence-corrected chi connectivity index (χ2v) is 37.4. The van der Waals surface area contributed by atoms with Crippen molar-refractivity contribution in [2.75, 3.05) is 0 Å². The molecule has 0 aliphatic carbocycles. The average Bonchev–Trinajstić information content (AvgIpc) is 0.811. The zero-order valence-electron chi connectivity index (χ0n) is 3.02. The van der Waals surface area contributed by atoms with Gasteiger partial charge >= 0.3 is 38.1 Å². The number of nitrogens with two attached hydrogens (primary N) is 1. The number of rotatable bonds is 0. The minimum absolute atomic E-state index is 0.672. The van der Waals surface area contributed by atoms with Gasteiger partial charge in [0.15, 0.2) is 0 Å². The maximum absolute atomic E-state index is 5.42. The molecule has 0 spiro atoms. The van der Waals surface area contributed by atoms with Crippen molar-refractivity contribution in [2.45, 2.75) is 0 Å². The number of hydrogen-bond donors (Lipinski definition) is 1. The number of hydrogen-bond acceptors (Lipinski definition) is 1. The molecule has 0 aromatic carbocycles. The van der Waals surface area contributed by atoms with E-state index in [0.717, 1.165) is 0 Å². The normalized spacial score (nSPS) is 10.5. The van der Waals surface area contributed by atoms with Crippen LogP contribution in [-0.2, 0) is 0 Å². The van der Waals surface area contributed by atoms with Crippen molar-refractivity contribution in [2.24, 2.45) is 3.89 Å². The molecule has 4 heteroatoms. The van der Waals surface area contributed by atoms with Crippen LogP contribution in [0.15, 0.2) is 0 Å². The summed E-state index contributed by atoms with van der Waals surface area (Å²) in [6.07, 6.45) is 0. The Bertz CT molecular complexity index is 10.8. The minimum atomic E-state index is -0.672. The van der Waals surface area contributed by atoms with Gasteiger partial charge in [0.05, 0.1) is 0 Å². The average molecular weight is 200 g/mol. The van der Waals surface area contributed by atoms with E-state index in [1.165, 1.54) is 15.3 Å². The van der Waals surface area contributed by atoms with Gasteiger partial charge in [-0.1, -0.05) is 0 Å². The van der Waals surface area contributed by atoms with E-state index in [1.54, 1.807) is 0 Å². The van der Waals surface area contributed by atoms with Gasteiger partial charge in [-0.25, -0.2) is 0 Å². The maximum atomic E-state index is 5.42. The van der Waals surface area contributed by atoms with Crippen molar-refractivity contribution < 1.29 is 0 Å². The van der Waals surface area contributed by atoms with Crippen LogP contribution in [0.5, 0.6) is 0 Å². The van der Waals surface area contributed by atoms with Crippen molar-refractivity contribution in [3.8, 4) is 0 Å². The molecule has 2 N–H and O–H groups in total. The zero-order valence-corrected chi connectivity index (χ0v) is 9.58. The summed E-state index contributed by atoms with van der Waals surface area (Å²) in [6.45, 7) is 0. The molecule has 0 atom stereocenters. The molecule has 0 aliphatic rings. The first-order valence-electron chi connectivity index (χ1n) is 1.15. The molecule has 0 aromatic rings. The Balaban J connectivity index is 2.32. The van der Waals surface area contributed by atoms with Gasteiger partial charge in [0.25, 0.3) is 0 Å². The van der Waals surface area contributed by atoms with E-state index >= 15 is 0 Å². The molecule has 4 heavy (non-hydrogen) atoms. The molecule has 1 nitrogen and oxygen atoms in total. The molecule has 0 aliphatic heterocycles. The first-order valence-corrected chi connectivity index (χ1v) is 19.7. The molecule has 0 fully saturated rings. The quantitative estimate of drug-likeness (QED) is 0.406. The van der Waals surface area contributed by atoms with Gasteiger partial charge in [-0.3, -0.25) is 0 Å². The Kier molecular flexibility index (Phi) is 3.19. The summed E-state index contributed by atoms with van der Waals surface area (Å²) >= 11 is -0.672. The fourth-order valence-electron chi connectivity index (χ4n) is 0.